The summed E-state index contributed by atoms with van der Waals surface area (Å²) >= 11 is 0. The summed E-state index contributed by atoms with van der Waals surface area (Å²) in [5.74, 6) is -2.89. The van der Waals surface area contributed by atoms with Crippen molar-refractivity contribution in [1.82, 2.24) is 0 Å². The topological polar surface area (TPSA) is 188 Å². The molecule has 3 rings (SSSR count). The number of aliphatic hydroxyl groups is 3. The molecule has 0 fully saturated rings. The molecule has 0 bridgehead atoms. The molecule has 0 saturated heterocycles. The Labute approximate surface area is 251 Å². The van der Waals surface area contributed by atoms with E-state index in [4.69, 9.17) is 14.9 Å². The molecule has 1 aromatic carbocycles. The third-order valence-corrected chi connectivity index (χ3v) is 7.81. The average Bonchev–Trinajstić information content (AvgIpc) is 2.91. The molecular weight excluding hydrogens is 560 g/mol. The Hall–Kier alpha value is -3.54. The summed E-state index contributed by atoms with van der Waals surface area (Å²) in [5.41, 5.74) is 0.942. The zero-order valence-corrected chi connectivity index (χ0v) is 25.1. The van der Waals surface area contributed by atoms with Gasteiger partial charge in [-0.25, -0.2) is 4.79 Å². The van der Waals surface area contributed by atoms with Gasteiger partial charge in [-0.05, 0) is 55.2 Å². The summed E-state index contributed by atoms with van der Waals surface area (Å²) in [6.45, 7) is 7.07. The molecule has 11 heteroatoms. The van der Waals surface area contributed by atoms with Crippen LogP contribution in [0.25, 0.3) is 0 Å². The highest BCUT2D eigenvalue weighted by molar-refractivity contribution is 5.91. The van der Waals surface area contributed by atoms with E-state index >= 15 is 0 Å². The number of fused-ring (bicyclic) bond motifs is 1. The molecule has 8 atom stereocenters. The van der Waals surface area contributed by atoms with Crippen LogP contribution in [0.3, 0.4) is 0 Å². The second-order valence-corrected chi connectivity index (χ2v) is 11.3. The van der Waals surface area contributed by atoms with Crippen LogP contribution in [0, 0.1) is 23.7 Å². The van der Waals surface area contributed by atoms with Gasteiger partial charge in [-0.15, -0.1) is 0 Å². The Morgan fingerprint density at radius 1 is 1.07 bits per heavy atom. The predicted molar refractivity (Wildman–Crippen MR) is 156 cm³/mol. The van der Waals surface area contributed by atoms with Crippen molar-refractivity contribution in [2.75, 3.05) is 0 Å². The van der Waals surface area contributed by atoms with E-state index in [2.05, 4.69) is 17.7 Å². The van der Waals surface area contributed by atoms with Crippen molar-refractivity contribution >= 4 is 23.9 Å². The highest BCUT2D eigenvalue weighted by Gasteiger charge is 2.42. The highest BCUT2D eigenvalue weighted by Crippen LogP contribution is 2.44. The third kappa shape index (κ3) is 11.2. The van der Waals surface area contributed by atoms with Crippen LogP contribution in [0.2, 0.25) is 0 Å². The Morgan fingerprint density at radius 2 is 1.74 bits per heavy atom. The number of rotatable bonds is 12. The van der Waals surface area contributed by atoms with E-state index in [1.807, 2.05) is 26.0 Å². The molecule has 0 spiro atoms. The van der Waals surface area contributed by atoms with Gasteiger partial charge in [-0.1, -0.05) is 51.1 Å². The van der Waals surface area contributed by atoms with Crippen molar-refractivity contribution in [3.8, 4) is 5.75 Å². The summed E-state index contributed by atoms with van der Waals surface area (Å²) in [5, 5.41) is 47.8. The van der Waals surface area contributed by atoms with E-state index < -0.39 is 42.3 Å². The number of aromatic carboxylic acids is 1. The van der Waals surface area contributed by atoms with Crippen molar-refractivity contribution in [1.29, 1.82) is 0 Å². The van der Waals surface area contributed by atoms with Gasteiger partial charge in [0.1, 0.15) is 17.4 Å². The van der Waals surface area contributed by atoms with Crippen LogP contribution in [-0.2, 0) is 19.1 Å². The number of esters is 2. The number of carbonyl (C=O) groups is 4. The Bertz CT molecular complexity index is 1170. The highest BCUT2D eigenvalue weighted by atomic mass is 16.5. The first kappa shape index (κ1) is 35.7. The first-order chi connectivity index (χ1) is 20.2. The van der Waals surface area contributed by atoms with Crippen LogP contribution < -0.4 is 4.74 Å². The number of para-hydroxylation sites is 1. The first-order valence-electron chi connectivity index (χ1n) is 14.6. The fourth-order valence-electron chi connectivity index (χ4n) is 5.41. The fraction of sp³-hybridized carbons (Fsp3) is 0.562. The van der Waals surface area contributed by atoms with Gasteiger partial charge in [0, 0.05) is 19.3 Å². The molecule has 2 aliphatic carbocycles. The van der Waals surface area contributed by atoms with Crippen LogP contribution in [0.4, 0.5) is 0 Å². The summed E-state index contributed by atoms with van der Waals surface area (Å²) in [4.78, 5) is 44.3. The number of aliphatic hydroxyl groups excluding tert-OH is 3. The van der Waals surface area contributed by atoms with Crippen molar-refractivity contribution in [2.24, 2.45) is 23.7 Å². The Kier molecular flexibility index (Phi) is 14.0. The lowest BCUT2D eigenvalue weighted by Crippen LogP contribution is -2.43. The summed E-state index contributed by atoms with van der Waals surface area (Å²) in [7, 11) is 0. The molecular formula is C32H44O11. The summed E-state index contributed by atoms with van der Waals surface area (Å²) in [6.07, 6.45) is 4.64. The SMILES string of the molecule is CC(=O)Oc1ccccc1C(=O)O.CC[C@H](C)C(=O)O[C@H]1C[C@H](O)C=C2C=C[C@H](C)[C@H](CC[C@@H](O)C[C@@H](O)CC(=O)O)[C@H]21. The lowest BCUT2D eigenvalue weighted by atomic mass is 9.66. The van der Waals surface area contributed by atoms with E-state index in [-0.39, 0.29) is 53.8 Å². The molecule has 0 saturated carbocycles. The number of ether oxygens (including phenoxy) is 2. The van der Waals surface area contributed by atoms with Gasteiger partial charge in [-0.2, -0.15) is 0 Å². The number of hydrogen-bond donors (Lipinski definition) is 5. The van der Waals surface area contributed by atoms with Crippen molar-refractivity contribution < 1.29 is 54.2 Å². The van der Waals surface area contributed by atoms with Crippen LogP contribution in [0.15, 0.2) is 48.1 Å². The molecule has 2 aliphatic rings. The van der Waals surface area contributed by atoms with Crippen LogP contribution >= 0.6 is 0 Å². The molecule has 43 heavy (non-hydrogen) atoms. The second kappa shape index (κ2) is 16.9. The number of benzene rings is 1. The van der Waals surface area contributed by atoms with E-state index in [0.29, 0.717) is 25.7 Å². The lowest BCUT2D eigenvalue weighted by Gasteiger charge is -2.43. The minimum Gasteiger partial charge on any atom is -0.481 e. The van der Waals surface area contributed by atoms with E-state index in [9.17, 15) is 34.5 Å². The second-order valence-electron chi connectivity index (χ2n) is 11.3. The Balaban J connectivity index is 0.000000413. The molecule has 0 radical (unpaired) electrons. The summed E-state index contributed by atoms with van der Waals surface area (Å²) in [6, 6.07) is 5.98. The van der Waals surface area contributed by atoms with Crippen LogP contribution in [0.1, 0.15) is 76.6 Å². The van der Waals surface area contributed by atoms with Gasteiger partial charge in [0.25, 0.3) is 0 Å². The van der Waals surface area contributed by atoms with E-state index in [1.165, 1.54) is 19.1 Å². The van der Waals surface area contributed by atoms with Gasteiger partial charge >= 0.3 is 23.9 Å². The normalized spacial score (nSPS) is 24.6. The van der Waals surface area contributed by atoms with Gasteiger partial charge in [-0.3, -0.25) is 14.4 Å². The molecule has 0 aromatic heterocycles. The van der Waals surface area contributed by atoms with E-state index in [0.717, 1.165) is 5.57 Å². The molecule has 0 aliphatic heterocycles. The fourth-order valence-corrected chi connectivity index (χ4v) is 5.41. The standard InChI is InChI=1S/C23H36O7.C9H8O4/c1-4-13(2)23(29)30-20-11-17(25)9-15-6-5-14(3)19(22(15)20)8-7-16(24)10-18(26)12-21(27)28;1-6(10)13-8-5-3-2-4-7(8)9(11)12/h5-6,9,13-14,16-20,22,24-26H,4,7-8,10-12H2,1-3H3,(H,27,28);2-5H,1H3,(H,11,12)/t13-,14-,16+,17+,18+,19-,20-,22-;/m0./s1. The molecule has 0 amide bonds. The minimum absolute atomic E-state index is 0.0156. The monoisotopic (exact) mass is 604 g/mol. The minimum atomic E-state index is -1.11. The first-order valence-corrected chi connectivity index (χ1v) is 14.6. The molecule has 238 valence electrons. The molecule has 1 aromatic rings. The maximum absolute atomic E-state index is 12.4. The molecule has 0 heterocycles. The maximum Gasteiger partial charge on any atom is 0.339 e. The third-order valence-electron chi connectivity index (χ3n) is 7.81. The zero-order valence-electron chi connectivity index (χ0n) is 25.1. The van der Waals surface area contributed by atoms with Gasteiger partial charge in [0.2, 0.25) is 0 Å². The summed E-state index contributed by atoms with van der Waals surface area (Å²) < 4.78 is 10.5. The van der Waals surface area contributed by atoms with Gasteiger partial charge < -0.3 is 35.0 Å². The quantitative estimate of drug-likeness (QED) is 0.173. The molecule has 0 unspecified atom stereocenters. The van der Waals surface area contributed by atoms with Crippen molar-refractivity contribution in [2.45, 2.75) is 90.6 Å². The van der Waals surface area contributed by atoms with Crippen LogP contribution in [0.5, 0.6) is 5.75 Å². The zero-order chi connectivity index (χ0) is 32.3. The number of carboxylic acid groups (broad SMARTS) is 2. The number of aliphatic carboxylic acids is 1. The largest absolute Gasteiger partial charge is 0.481 e. The molecule has 11 nitrogen and oxygen atoms in total. The number of carbonyl (C=O) groups excluding carboxylic acids is 2. The van der Waals surface area contributed by atoms with E-state index in [1.54, 1.807) is 12.1 Å². The maximum atomic E-state index is 12.4. The van der Waals surface area contributed by atoms with Gasteiger partial charge in [0.15, 0.2) is 0 Å². The predicted octanol–water partition coefficient (Wildman–Crippen LogP) is 3.75. The molecule has 5 N–H and O–H groups in total. The van der Waals surface area contributed by atoms with Crippen molar-refractivity contribution in [3.63, 3.8) is 0 Å². The number of allylic oxidation sites excluding steroid dienone is 2. The number of hydrogen-bond acceptors (Lipinski definition) is 9. The van der Waals surface area contributed by atoms with Crippen molar-refractivity contribution in [3.05, 3.63) is 53.6 Å². The Morgan fingerprint density at radius 3 is 2.35 bits per heavy atom. The lowest BCUT2D eigenvalue weighted by molar-refractivity contribution is -0.159. The van der Waals surface area contributed by atoms with Gasteiger partial charge in [0.05, 0.1) is 30.7 Å². The number of carboxylic acids is 2. The van der Waals surface area contributed by atoms with Crippen LogP contribution in [-0.4, -0.2) is 73.8 Å². The smallest absolute Gasteiger partial charge is 0.339 e. The average molecular weight is 605 g/mol.